The first-order valence-electron chi connectivity index (χ1n) is 18.3. The second-order valence-corrected chi connectivity index (χ2v) is 13.8. The van der Waals surface area contributed by atoms with Crippen LogP contribution < -0.4 is 0 Å². The van der Waals surface area contributed by atoms with Gasteiger partial charge in [0.1, 0.15) is 5.82 Å². The number of hydrogen-bond donors (Lipinski definition) is 0. The summed E-state index contributed by atoms with van der Waals surface area (Å²) in [6, 6.07) is 69.0. The van der Waals surface area contributed by atoms with Crippen LogP contribution in [0.4, 0.5) is 0 Å². The largest absolute Gasteiger partial charge is 0.309 e. The van der Waals surface area contributed by atoms with Crippen molar-refractivity contribution in [2.24, 2.45) is 0 Å². The van der Waals surface area contributed by atoms with E-state index in [0.29, 0.717) is 0 Å². The highest BCUT2D eigenvalue weighted by atomic mass is 15.1. The molecule has 4 nitrogen and oxygen atoms in total. The Labute approximate surface area is 311 Å². The molecular formula is C50H32N4. The maximum absolute atomic E-state index is 5.37. The van der Waals surface area contributed by atoms with Gasteiger partial charge in [-0.3, -0.25) is 4.57 Å². The van der Waals surface area contributed by atoms with Crippen LogP contribution in [0.25, 0.3) is 99.7 Å². The zero-order valence-electron chi connectivity index (χ0n) is 29.3. The van der Waals surface area contributed by atoms with E-state index in [2.05, 4.69) is 203 Å². The van der Waals surface area contributed by atoms with Crippen LogP contribution in [-0.2, 0) is 0 Å². The first-order valence-corrected chi connectivity index (χ1v) is 18.3. The van der Waals surface area contributed by atoms with Crippen LogP contribution in [0.15, 0.2) is 194 Å². The van der Waals surface area contributed by atoms with E-state index in [1.807, 2.05) is 0 Å². The molecule has 3 heterocycles. The molecule has 0 aliphatic rings. The van der Waals surface area contributed by atoms with Gasteiger partial charge in [-0.05, 0) is 83.2 Å². The van der Waals surface area contributed by atoms with Crippen LogP contribution in [0, 0.1) is 0 Å². The summed E-state index contributed by atoms with van der Waals surface area (Å²) in [5, 5.41) is 5.86. The molecule has 4 heteroatoms. The molecule has 0 N–H and O–H groups in total. The number of rotatable bonds is 5. The highest BCUT2D eigenvalue weighted by Gasteiger charge is 2.19. The summed E-state index contributed by atoms with van der Waals surface area (Å²) < 4.78 is 4.66. The Morgan fingerprint density at radius 2 is 0.907 bits per heavy atom. The van der Waals surface area contributed by atoms with Gasteiger partial charge in [-0.15, -0.1) is 0 Å². The van der Waals surface area contributed by atoms with Gasteiger partial charge in [0, 0.05) is 44.0 Å². The molecule has 0 fully saturated rings. The van der Waals surface area contributed by atoms with Gasteiger partial charge in [-0.1, -0.05) is 127 Å². The zero-order chi connectivity index (χ0) is 35.6. The predicted octanol–water partition coefficient (Wildman–Crippen LogP) is 12.8. The average Bonchev–Trinajstić information content (AvgIpc) is 3.79. The molecule has 0 bridgehead atoms. The molecule has 3 aromatic heterocycles. The molecule has 0 aliphatic heterocycles. The number of benzene rings is 8. The van der Waals surface area contributed by atoms with Crippen molar-refractivity contribution in [3.05, 3.63) is 194 Å². The Kier molecular flexibility index (Phi) is 6.82. The van der Waals surface area contributed by atoms with Crippen molar-refractivity contribution in [3.8, 4) is 45.1 Å². The van der Waals surface area contributed by atoms with Crippen molar-refractivity contribution in [1.29, 1.82) is 0 Å². The van der Waals surface area contributed by atoms with Crippen molar-refractivity contribution < 1.29 is 0 Å². The third-order valence-corrected chi connectivity index (χ3v) is 10.7. The van der Waals surface area contributed by atoms with Gasteiger partial charge >= 0.3 is 0 Å². The van der Waals surface area contributed by atoms with E-state index >= 15 is 0 Å². The van der Waals surface area contributed by atoms with E-state index in [1.165, 1.54) is 16.2 Å². The second kappa shape index (κ2) is 12.1. The number of hydrogen-bond acceptors (Lipinski definition) is 2. The molecule has 8 aromatic carbocycles. The van der Waals surface area contributed by atoms with E-state index in [0.717, 1.165) is 83.5 Å². The first-order chi connectivity index (χ1) is 26.8. The van der Waals surface area contributed by atoms with Crippen LogP contribution >= 0.6 is 0 Å². The lowest BCUT2D eigenvalue weighted by Crippen LogP contribution is -1.97. The maximum atomic E-state index is 5.37. The molecule has 0 aliphatic carbocycles. The number of nitrogens with zero attached hydrogens (tertiary/aromatic N) is 4. The number of pyridine rings is 1. The average molecular weight is 689 g/mol. The zero-order valence-corrected chi connectivity index (χ0v) is 29.3. The molecular weight excluding hydrogens is 657 g/mol. The molecule has 0 amide bonds. The van der Waals surface area contributed by atoms with E-state index in [4.69, 9.17) is 9.97 Å². The molecule has 252 valence electrons. The van der Waals surface area contributed by atoms with Crippen LogP contribution in [0.5, 0.6) is 0 Å². The summed E-state index contributed by atoms with van der Waals surface area (Å²) in [7, 11) is 0. The van der Waals surface area contributed by atoms with Crippen molar-refractivity contribution in [2.75, 3.05) is 0 Å². The van der Waals surface area contributed by atoms with Gasteiger partial charge in [-0.2, -0.15) is 0 Å². The summed E-state index contributed by atoms with van der Waals surface area (Å²) in [5.74, 6) is 0.921. The molecule has 0 saturated carbocycles. The predicted molar refractivity (Wildman–Crippen MR) is 225 cm³/mol. The molecule has 0 unspecified atom stereocenters. The SMILES string of the molecule is c1ccc(-c2nc3cc4c5cc(-c6cccc(-c7nc8ccccc8n7-c7ccccc7)c6)ccc5n(-c5ccccc5)c4cc3c3ccccc23)cc1. The van der Waals surface area contributed by atoms with Crippen molar-refractivity contribution >= 4 is 54.5 Å². The first kappa shape index (κ1) is 30.3. The Hall–Kier alpha value is -7.30. The fourth-order valence-electron chi connectivity index (χ4n) is 8.21. The number of imidazole rings is 1. The van der Waals surface area contributed by atoms with Crippen molar-refractivity contribution in [2.45, 2.75) is 0 Å². The smallest absolute Gasteiger partial charge is 0.145 e. The summed E-state index contributed by atoms with van der Waals surface area (Å²) in [4.78, 5) is 10.5. The summed E-state index contributed by atoms with van der Waals surface area (Å²) in [6.45, 7) is 0. The summed E-state index contributed by atoms with van der Waals surface area (Å²) in [6.07, 6.45) is 0. The Morgan fingerprint density at radius 1 is 0.296 bits per heavy atom. The highest BCUT2D eigenvalue weighted by molar-refractivity contribution is 6.19. The van der Waals surface area contributed by atoms with Gasteiger partial charge in [0.2, 0.25) is 0 Å². The summed E-state index contributed by atoms with van der Waals surface area (Å²) >= 11 is 0. The van der Waals surface area contributed by atoms with Gasteiger partial charge in [0.15, 0.2) is 0 Å². The lowest BCUT2D eigenvalue weighted by molar-refractivity contribution is 1.10. The third kappa shape index (κ3) is 4.78. The molecule has 0 radical (unpaired) electrons. The van der Waals surface area contributed by atoms with Crippen LogP contribution in [0.3, 0.4) is 0 Å². The van der Waals surface area contributed by atoms with Crippen LogP contribution in [0.2, 0.25) is 0 Å². The van der Waals surface area contributed by atoms with Gasteiger partial charge in [-0.25, -0.2) is 9.97 Å². The molecule has 0 saturated heterocycles. The lowest BCUT2D eigenvalue weighted by atomic mass is 9.98. The van der Waals surface area contributed by atoms with Crippen LogP contribution in [-0.4, -0.2) is 19.1 Å². The molecule has 11 rings (SSSR count). The minimum atomic E-state index is 0.921. The van der Waals surface area contributed by atoms with Gasteiger partial charge in [0.05, 0.1) is 33.3 Å². The van der Waals surface area contributed by atoms with Crippen molar-refractivity contribution in [3.63, 3.8) is 0 Å². The topological polar surface area (TPSA) is 35.6 Å². The summed E-state index contributed by atoms with van der Waals surface area (Å²) in [5.41, 5.74) is 13.0. The minimum Gasteiger partial charge on any atom is -0.309 e. The maximum Gasteiger partial charge on any atom is 0.145 e. The highest BCUT2D eigenvalue weighted by Crippen LogP contribution is 2.40. The van der Waals surface area contributed by atoms with Gasteiger partial charge < -0.3 is 4.57 Å². The fraction of sp³-hybridized carbons (Fsp3) is 0. The quantitative estimate of drug-likeness (QED) is 0.169. The standard InChI is InChI=1S/C50H32N4/c1-4-15-33(16-5-1)49-40-24-11-10-23-39(40)41-32-48-43(31-45(41)51-49)42-30-35(27-28-46(42)53(48)37-19-6-2-7-20-37)34-17-14-18-36(29-34)50-52-44-25-12-13-26-47(44)54(50)38-21-8-3-9-22-38/h1-32H. The monoisotopic (exact) mass is 688 g/mol. The van der Waals surface area contributed by atoms with E-state index in [-0.39, 0.29) is 0 Å². The third-order valence-electron chi connectivity index (χ3n) is 10.7. The van der Waals surface area contributed by atoms with Gasteiger partial charge in [0.25, 0.3) is 0 Å². The number of fused-ring (bicyclic) bond motifs is 7. The minimum absolute atomic E-state index is 0.921. The van der Waals surface area contributed by atoms with E-state index in [9.17, 15) is 0 Å². The van der Waals surface area contributed by atoms with E-state index < -0.39 is 0 Å². The number of aromatic nitrogens is 4. The molecule has 11 aromatic rings. The molecule has 54 heavy (non-hydrogen) atoms. The molecule has 0 atom stereocenters. The lowest BCUT2D eigenvalue weighted by Gasteiger charge is -2.12. The van der Waals surface area contributed by atoms with Crippen molar-refractivity contribution in [1.82, 2.24) is 19.1 Å². The normalized spacial score (nSPS) is 11.7. The second-order valence-electron chi connectivity index (χ2n) is 13.8. The van der Waals surface area contributed by atoms with E-state index in [1.54, 1.807) is 0 Å². The Bertz CT molecular complexity index is 3200. The molecule has 0 spiro atoms. The fourth-order valence-corrected chi connectivity index (χ4v) is 8.21. The Morgan fingerprint density at radius 3 is 1.70 bits per heavy atom. The Balaban J connectivity index is 1.14. The number of para-hydroxylation sites is 4. The van der Waals surface area contributed by atoms with Crippen LogP contribution in [0.1, 0.15) is 0 Å².